The van der Waals surface area contributed by atoms with Crippen molar-refractivity contribution in [2.45, 2.75) is 0 Å². The molecule has 0 atom stereocenters. The molecule has 1 amide bonds. The van der Waals surface area contributed by atoms with Crippen LogP contribution in [-0.4, -0.2) is 23.2 Å². The number of H-pyrrole nitrogens is 1. The molecule has 0 unspecified atom stereocenters. The van der Waals surface area contributed by atoms with E-state index in [4.69, 9.17) is 4.74 Å². The largest absolute Gasteiger partial charge is 0.497 e. The van der Waals surface area contributed by atoms with E-state index in [1.54, 1.807) is 19.2 Å². The first kappa shape index (κ1) is 16.3. The number of amides is 1. The van der Waals surface area contributed by atoms with Crippen LogP contribution >= 0.6 is 0 Å². The van der Waals surface area contributed by atoms with Gasteiger partial charge in [0.2, 0.25) is 0 Å². The highest BCUT2D eigenvalue weighted by Crippen LogP contribution is 2.21. The van der Waals surface area contributed by atoms with E-state index in [1.807, 2.05) is 36.4 Å². The van der Waals surface area contributed by atoms with Gasteiger partial charge in [-0.2, -0.15) is 5.10 Å². The van der Waals surface area contributed by atoms with Gasteiger partial charge in [-0.15, -0.1) is 0 Å². The van der Waals surface area contributed by atoms with E-state index in [9.17, 15) is 9.59 Å². The fourth-order valence-corrected chi connectivity index (χ4v) is 2.14. The quantitative estimate of drug-likeness (QED) is 0.666. The minimum absolute atomic E-state index is 0.139. The molecule has 0 aliphatic rings. The number of hydrogen-bond acceptors (Lipinski definition) is 5. The highest BCUT2D eigenvalue weighted by atomic mass is 16.5. The lowest BCUT2D eigenvalue weighted by Crippen LogP contribution is -2.17. The molecule has 2 aromatic carbocycles. The lowest BCUT2D eigenvalue weighted by molar-refractivity contribution is 0.102. The Labute approximate surface area is 143 Å². The second-order valence-electron chi connectivity index (χ2n) is 5.19. The number of hydrogen-bond donors (Lipinski definition) is 3. The number of carbonyl (C=O) groups excluding carboxylic acids is 1. The molecule has 0 radical (unpaired) electrons. The second kappa shape index (κ2) is 7.31. The van der Waals surface area contributed by atoms with Crippen molar-refractivity contribution in [3.05, 3.63) is 76.7 Å². The molecule has 0 aliphatic carbocycles. The van der Waals surface area contributed by atoms with Gasteiger partial charge in [0.25, 0.3) is 11.5 Å². The zero-order valence-electron chi connectivity index (χ0n) is 13.4. The summed E-state index contributed by atoms with van der Waals surface area (Å²) in [7, 11) is 1.62. The second-order valence-corrected chi connectivity index (χ2v) is 5.19. The first-order valence-electron chi connectivity index (χ1n) is 7.52. The first-order valence-corrected chi connectivity index (χ1v) is 7.52. The smallest absolute Gasteiger partial charge is 0.276 e. The third-order valence-electron chi connectivity index (χ3n) is 3.43. The van der Waals surface area contributed by atoms with Crippen molar-refractivity contribution in [2.75, 3.05) is 17.7 Å². The van der Waals surface area contributed by atoms with Gasteiger partial charge < -0.3 is 15.4 Å². The maximum atomic E-state index is 12.0. The summed E-state index contributed by atoms with van der Waals surface area (Å²) in [4.78, 5) is 23.0. The first-order chi connectivity index (χ1) is 12.1. The number of nitrogens with zero attached hydrogens (tertiary/aromatic N) is 1. The van der Waals surface area contributed by atoms with Crippen LogP contribution in [0.5, 0.6) is 5.75 Å². The van der Waals surface area contributed by atoms with E-state index in [0.29, 0.717) is 5.69 Å². The van der Waals surface area contributed by atoms with Gasteiger partial charge in [0.05, 0.1) is 7.11 Å². The summed E-state index contributed by atoms with van der Waals surface area (Å²) in [5, 5.41) is 11.9. The van der Waals surface area contributed by atoms with Crippen molar-refractivity contribution < 1.29 is 9.53 Å². The molecule has 25 heavy (non-hydrogen) atoms. The van der Waals surface area contributed by atoms with Crippen molar-refractivity contribution in [3.63, 3.8) is 0 Å². The van der Waals surface area contributed by atoms with Gasteiger partial charge in [0.1, 0.15) is 11.4 Å². The molecule has 0 saturated carbocycles. The Morgan fingerprint density at radius 3 is 2.08 bits per heavy atom. The normalized spacial score (nSPS) is 10.1. The minimum Gasteiger partial charge on any atom is -0.497 e. The summed E-state index contributed by atoms with van der Waals surface area (Å²) in [5.41, 5.74) is 2.21. The van der Waals surface area contributed by atoms with E-state index < -0.39 is 5.91 Å². The van der Waals surface area contributed by atoms with E-state index >= 15 is 0 Å². The highest BCUT2D eigenvalue weighted by molar-refractivity contribution is 6.02. The number of carbonyl (C=O) groups is 1. The predicted octanol–water partition coefficient (Wildman–Crippen LogP) is 2.77. The number of methoxy groups -OCH3 is 1. The van der Waals surface area contributed by atoms with Crippen LogP contribution in [0.1, 0.15) is 10.5 Å². The van der Waals surface area contributed by atoms with Gasteiger partial charge >= 0.3 is 0 Å². The number of aromatic nitrogens is 2. The lowest BCUT2D eigenvalue weighted by Gasteiger charge is -2.09. The van der Waals surface area contributed by atoms with Crippen LogP contribution < -0.4 is 20.9 Å². The van der Waals surface area contributed by atoms with Crippen LogP contribution in [0.25, 0.3) is 0 Å². The maximum absolute atomic E-state index is 12.0. The number of benzene rings is 2. The molecule has 3 aromatic rings. The van der Waals surface area contributed by atoms with Crippen LogP contribution in [0.3, 0.4) is 0 Å². The standard InChI is InChI=1S/C18H16N4O3/c1-25-15-8-6-13(7-9-15)19-12-2-4-14(5-3-12)20-18(24)16-10-11-17(23)22-21-16/h2-11,19H,1H3,(H,20,24)(H,22,23). The number of anilines is 3. The van der Waals surface area contributed by atoms with Crippen LogP contribution in [-0.2, 0) is 0 Å². The molecule has 126 valence electrons. The summed E-state index contributed by atoms with van der Waals surface area (Å²) in [6, 6.07) is 17.4. The Bertz CT molecular complexity index is 898. The molecule has 1 heterocycles. The summed E-state index contributed by atoms with van der Waals surface area (Å²) in [6.45, 7) is 0. The van der Waals surface area contributed by atoms with Gasteiger partial charge in [-0.05, 0) is 54.6 Å². The third kappa shape index (κ3) is 4.23. The molecule has 3 rings (SSSR count). The topological polar surface area (TPSA) is 96.1 Å². The van der Waals surface area contributed by atoms with E-state index in [0.717, 1.165) is 17.1 Å². The summed E-state index contributed by atoms with van der Waals surface area (Å²) >= 11 is 0. The summed E-state index contributed by atoms with van der Waals surface area (Å²) < 4.78 is 5.12. The summed E-state index contributed by atoms with van der Waals surface area (Å²) in [6.07, 6.45) is 0. The van der Waals surface area contributed by atoms with Gasteiger partial charge in [-0.3, -0.25) is 9.59 Å². The molecule has 0 spiro atoms. The van der Waals surface area contributed by atoms with Gasteiger partial charge in [0, 0.05) is 23.1 Å². The van der Waals surface area contributed by atoms with Gasteiger partial charge in [-0.1, -0.05) is 0 Å². The Morgan fingerprint density at radius 1 is 0.920 bits per heavy atom. The molecule has 3 N–H and O–H groups in total. The van der Waals surface area contributed by atoms with Crippen molar-refractivity contribution in [2.24, 2.45) is 0 Å². The predicted molar refractivity (Wildman–Crippen MR) is 95.5 cm³/mol. The third-order valence-corrected chi connectivity index (χ3v) is 3.43. The van der Waals surface area contributed by atoms with Crippen molar-refractivity contribution in [1.82, 2.24) is 10.2 Å². The molecular formula is C18H16N4O3. The molecule has 1 aromatic heterocycles. The molecule has 7 heteroatoms. The molecule has 0 fully saturated rings. The zero-order valence-corrected chi connectivity index (χ0v) is 13.4. The number of aromatic amines is 1. The maximum Gasteiger partial charge on any atom is 0.276 e. The Hall–Kier alpha value is -3.61. The minimum atomic E-state index is -0.396. The summed E-state index contributed by atoms with van der Waals surface area (Å²) in [5.74, 6) is 0.395. The molecule has 0 saturated heterocycles. The highest BCUT2D eigenvalue weighted by Gasteiger charge is 2.07. The van der Waals surface area contributed by atoms with Crippen LogP contribution in [0, 0.1) is 0 Å². The van der Waals surface area contributed by atoms with E-state index in [1.165, 1.54) is 12.1 Å². The number of rotatable bonds is 5. The van der Waals surface area contributed by atoms with Crippen molar-refractivity contribution in [3.8, 4) is 5.75 Å². The fourth-order valence-electron chi connectivity index (χ4n) is 2.14. The fraction of sp³-hybridized carbons (Fsp3) is 0.0556. The zero-order chi connectivity index (χ0) is 17.6. The van der Waals surface area contributed by atoms with Crippen molar-refractivity contribution >= 4 is 23.0 Å². The van der Waals surface area contributed by atoms with E-state index in [-0.39, 0.29) is 11.3 Å². The Morgan fingerprint density at radius 2 is 1.52 bits per heavy atom. The molecule has 0 aliphatic heterocycles. The number of nitrogens with one attached hydrogen (secondary N) is 3. The Balaban J connectivity index is 1.64. The number of ether oxygens (including phenoxy) is 1. The lowest BCUT2D eigenvalue weighted by atomic mass is 10.2. The van der Waals surface area contributed by atoms with Crippen LogP contribution in [0.4, 0.5) is 17.1 Å². The average molecular weight is 336 g/mol. The van der Waals surface area contributed by atoms with Crippen molar-refractivity contribution in [1.29, 1.82) is 0 Å². The van der Waals surface area contributed by atoms with E-state index in [2.05, 4.69) is 20.8 Å². The monoisotopic (exact) mass is 336 g/mol. The molecular weight excluding hydrogens is 320 g/mol. The molecule has 0 bridgehead atoms. The Kier molecular flexibility index (Phi) is 4.75. The molecule has 7 nitrogen and oxygen atoms in total. The van der Waals surface area contributed by atoms with Crippen LogP contribution in [0.2, 0.25) is 0 Å². The average Bonchev–Trinajstić information content (AvgIpc) is 2.64. The SMILES string of the molecule is COc1ccc(Nc2ccc(NC(=O)c3ccc(=O)[nH]n3)cc2)cc1. The van der Waals surface area contributed by atoms with Gasteiger partial charge in [0.15, 0.2) is 0 Å². The van der Waals surface area contributed by atoms with Gasteiger partial charge in [-0.25, -0.2) is 5.10 Å². The van der Waals surface area contributed by atoms with Crippen LogP contribution in [0.15, 0.2) is 65.5 Å².